The molecule has 2 amide bonds. The molecule has 0 unspecified atom stereocenters. The van der Waals surface area contributed by atoms with Crippen LogP contribution < -0.4 is 9.47 Å². The van der Waals surface area contributed by atoms with Crippen LogP contribution >= 0.6 is 0 Å². The predicted molar refractivity (Wildman–Crippen MR) is 130 cm³/mol. The van der Waals surface area contributed by atoms with Crippen LogP contribution in [0.2, 0.25) is 0 Å². The maximum absolute atomic E-state index is 13.3. The van der Waals surface area contributed by atoms with E-state index in [9.17, 15) is 14.0 Å². The number of nitrogens with zero attached hydrogens (tertiary/aromatic N) is 2. The molecule has 2 aromatic rings. The molecule has 0 aromatic heterocycles. The third-order valence-corrected chi connectivity index (χ3v) is 5.94. The highest BCUT2D eigenvalue weighted by molar-refractivity contribution is 5.96. The van der Waals surface area contributed by atoms with Crippen molar-refractivity contribution in [1.82, 2.24) is 9.80 Å². The van der Waals surface area contributed by atoms with Gasteiger partial charge in [0.2, 0.25) is 5.91 Å². The SMILES string of the molecule is CC(C)C[C@H]1COc2ccccc2C(=O)N(C)CCCCN1C(=O)CCOc1ccc(F)cc1. The van der Waals surface area contributed by atoms with Gasteiger partial charge in [0.15, 0.2) is 0 Å². The summed E-state index contributed by atoms with van der Waals surface area (Å²) in [6.07, 6.45) is 2.61. The lowest BCUT2D eigenvalue weighted by Gasteiger charge is -2.34. The Labute approximate surface area is 201 Å². The highest BCUT2D eigenvalue weighted by Gasteiger charge is 2.27. The van der Waals surface area contributed by atoms with Gasteiger partial charge in [0.25, 0.3) is 5.91 Å². The minimum Gasteiger partial charge on any atom is -0.493 e. The van der Waals surface area contributed by atoms with Crippen molar-refractivity contribution < 1.29 is 23.5 Å². The lowest BCUT2D eigenvalue weighted by molar-refractivity contribution is -0.135. The van der Waals surface area contributed by atoms with Crippen molar-refractivity contribution >= 4 is 11.8 Å². The van der Waals surface area contributed by atoms with Crippen LogP contribution in [0.1, 0.15) is 49.9 Å². The fraction of sp³-hybridized carbons (Fsp3) is 0.481. The van der Waals surface area contributed by atoms with Crippen LogP contribution in [0.5, 0.6) is 11.5 Å². The largest absolute Gasteiger partial charge is 0.493 e. The number of carbonyl (C=O) groups is 2. The number of benzene rings is 2. The Bertz CT molecular complexity index is 948. The summed E-state index contributed by atoms with van der Waals surface area (Å²) in [5, 5.41) is 0. The smallest absolute Gasteiger partial charge is 0.257 e. The van der Waals surface area contributed by atoms with E-state index in [4.69, 9.17) is 9.47 Å². The number of rotatable bonds is 6. The van der Waals surface area contributed by atoms with E-state index in [0.29, 0.717) is 42.7 Å². The number of halogens is 1. The van der Waals surface area contributed by atoms with E-state index in [-0.39, 0.29) is 36.7 Å². The second-order valence-electron chi connectivity index (χ2n) is 9.16. The molecule has 0 bridgehead atoms. The topological polar surface area (TPSA) is 59.1 Å². The van der Waals surface area contributed by atoms with E-state index in [1.807, 2.05) is 23.1 Å². The van der Waals surface area contributed by atoms with Gasteiger partial charge in [-0.2, -0.15) is 0 Å². The zero-order chi connectivity index (χ0) is 24.5. The van der Waals surface area contributed by atoms with Gasteiger partial charge in [0, 0.05) is 20.1 Å². The van der Waals surface area contributed by atoms with Gasteiger partial charge >= 0.3 is 0 Å². The molecule has 3 rings (SSSR count). The summed E-state index contributed by atoms with van der Waals surface area (Å²) < 4.78 is 24.9. The van der Waals surface area contributed by atoms with Crippen LogP contribution in [-0.4, -0.2) is 61.0 Å². The first-order chi connectivity index (χ1) is 16.3. The highest BCUT2D eigenvalue weighted by atomic mass is 19.1. The molecule has 0 saturated heterocycles. The molecule has 6 nitrogen and oxygen atoms in total. The van der Waals surface area contributed by atoms with Crippen molar-refractivity contribution in [2.24, 2.45) is 5.92 Å². The molecule has 0 saturated carbocycles. The molecule has 0 radical (unpaired) electrons. The van der Waals surface area contributed by atoms with Crippen molar-refractivity contribution in [2.45, 2.75) is 45.6 Å². The zero-order valence-corrected chi connectivity index (χ0v) is 20.3. The third kappa shape index (κ3) is 7.20. The van der Waals surface area contributed by atoms with E-state index in [2.05, 4.69) is 13.8 Å². The van der Waals surface area contributed by atoms with Gasteiger partial charge in [-0.05, 0) is 61.6 Å². The normalized spacial score (nSPS) is 17.4. The zero-order valence-electron chi connectivity index (χ0n) is 20.3. The van der Waals surface area contributed by atoms with E-state index in [1.165, 1.54) is 12.1 Å². The van der Waals surface area contributed by atoms with Crippen LogP contribution in [0.4, 0.5) is 4.39 Å². The van der Waals surface area contributed by atoms with Crippen molar-refractivity contribution in [3.05, 3.63) is 59.9 Å². The molecule has 1 atom stereocenters. The average Bonchev–Trinajstić information content (AvgIpc) is 2.82. The Morgan fingerprint density at radius 1 is 1.12 bits per heavy atom. The van der Waals surface area contributed by atoms with Gasteiger partial charge in [-0.15, -0.1) is 0 Å². The Kier molecular flexibility index (Phi) is 9.31. The minimum atomic E-state index is -0.326. The summed E-state index contributed by atoms with van der Waals surface area (Å²) in [5.41, 5.74) is 0.541. The van der Waals surface area contributed by atoms with E-state index in [0.717, 1.165) is 19.3 Å². The van der Waals surface area contributed by atoms with Gasteiger partial charge in [0.05, 0.1) is 24.6 Å². The quantitative estimate of drug-likeness (QED) is 0.610. The van der Waals surface area contributed by atoms with Crippen molar-refractivity contribution in [3.63, 3.8) is 0 Å². The molecule has 1 aliphatic rings. The lowest BCUT2D eigenvalue weighted by atomic mass is 10.0. The maximum Gasteiger partial charge on any atom is 0.257 e. The Balaban J connectivity index is 1.74. The summed E-state index contributed by atoms with van der Waals surface area (Å²) in [5.74, 6) is 1.08. The molecule has 0 fully saturated rings. The molecule has 7 heteroatoms. The first-order valence-electron chi connectivity index (χ1n) is 12.0. The molecule has 184 valence electrons. The fourth-order valence-electron chi connectivity index (χ4n) is 4.16. The van der Waals surface area contributed by atoms with Gasteiger partial charge in [-0.1, -0.05) is 26.0 Å². The van der Waals surface area contributed by atoms with Gasteiger partial charge in [-0.3, -0.25) is 9.59 Å². The van der Waals surface area contributed by atoms with Gasteiger partial charge < -0.3 is 19.3 Å². The number of amides is 2. The number of hydrogen-bond donors (Lipinski definition) is 0. The average molecular weight is 471 g/mol. The van der Waals surface area contributed by atoms with E-state index < -0.39 is 0 Å². The summed E-state index contributed by atoms with van der Waals surface area (Å²) in [6, 6.07) is 13.0. The molecule has 0 aliphatic carbocycles. The molecular formula is C27H35FN2O4. The first kappa shape index (κ1) is 25.5. The van der Waals surface area contributed by atoms with Crippen LogP contribution in [0.3, 0.4) is 0 Å². The molecular weight excluding hydrogens is 435 g/mol. The molecule has 34 heavy (non-hydrogen) atoms. The van der Waals surface area contributed by atoms with Crippen molar-refractivity contribution in [1.29, 1.82) is 0 Å². The summed E-state index contributed by atoms with van der Waals surface area (Å²) >= 11 is 0. The summed E-state index contributed by atoms with van der Waals surface area (Å²) in [4.78, 5) is 29.8. The predicted octanol–water partition coefficient (Wildman–Crippen LogP) is 4.78. The van der Waals surface area contributed by atoms with Crippen molar-refractivity contribution in [3.8, 4) is 11.5 Å². The molecule has 0 spiro atoms. The fourth-order valence-corrected chi connectivity index (χ4v) is 4.16. The first-order valence-corrected chi connectivity index (χ1v) is 12.0. The van der Waals surface area contributed by atoms with Crippen LogP contribution in [0.25, 0.3) is 0 Å². The lowest BCUT2D eigenvalue weighted by Crippen LogP contribution is -2.46. The van der Waals surface area contributed by atoms with Crippen LogP contribution in [0.15, 0.2) is 48.5 Å². The number of fused-ring (bicyclic) bond motifs is 1. The second-order valence-corrected chi connectivity index (χ2v) is 9.16. The Morgan fingerprint density at radius 3 is 2.56 bits per heavy atom. The molecule has 2 aromatic carbocycles. The van der Waals surface area contributed by atoms with E-state index >= 15 is 0 Å². The molecule has 1 heterocycles. The third-order valence-electron chi connectivity index (χ3n) is 5.94. The highest BCUT2D eigenvalue weighted by Crippen LogP contribution is 2.23. The molecule has 0 N–H and O–H groups in total. The maximum atomic E-state index is 13.3. The van der Waals surface area contributed by atoms with Crippen molar-refractivity contribution in [2.75, 3.05) is 33.4 Å². The monoisotopic (exact) mass is 470 g/mol. The summed E-state index contributed by atoms with van der Waals surface area (Å²) in [6.45, 7) is 6.00. The standard InChI is InChI=1S/C27H35FN2O4/c1-20(2)18-22-19-34-25-9-5-4-8-24(25)27(32)29(3)15-6-7-16-30(22)26(31)14-17-33-23-12-10-21(28)11-13-23/h4-5,8-13,20,22H,6-7,14-19H2,1-3H3/t22-/m0/s1. The van der Waals surface area contributed by atoms with E-state index in [1.54, 1.807) is 30.1 Å². The minimum absolute atomic E-state index is 0.00568. The summed E-state index contributed by atoms with van der Waals surface area (Å²) in [7, 11) is 1.79. The Morgan fingerprint density at radius 2 is 1.82 bits per heavy atom. The number of para-hydroxylation sites is 1. The van der Waals surface area contributed by atoms with Gasteiger partial charge in [0.1, 0.15) is 23.9 Å². The number of carbonyl (C=O) groups excluding carboxylic acids is 2. The Hall–Kier alpha value is -3.09. The number of ether oxygens (including phenoxy) is 2. The van der Waals surface area contributed by atoms with Crippen LogP contribution in [0, 0.1) is 11.7 Å². The van der Waals surface area contributed by atoms with Gasteiger partial charge in [-0.25, -0.2) is 4.39 Å². The second kappa shape index (κ2) is 12.4. The van der Waals surface area contributed by atoms with Crippen LogP contribution in [-0.2, 0) is 4.79 Å². The number of hydrogen-bond acceptors (Lipinski definition) is 4. The molecule has 1 aliphatic heterocycles.